The summed E-state index contributed by atoms with van der Waals surface area (Å²) in [5.41, 5.74) is 9.83. The Morgan fingerprint density at radius 3 is 2.40 bits per heavy atom. The van der Waals surface area contributed by atoms with Gasteiger partial charge in [-0.2, -0.15) is 5.10 Å². The molecule has 0 atom stereocenters. The number of rotatable bonds is 3. The van der Waals surface area contributed by atoms with Gasteiger partial charge < -0.3 is 5.73 Å². The Hall–Kier alpha value is -2.07. The van der Waals surface area contributed by atoms with Gasteiger partial charge in [-0.25, -0.2) is 0 Å². The lowest BCUT2D eigenvalue weighted by molar-refractivity contribution is 0.689. The van der Waals surface area contributed by atoms with Crippen molar-refractivity contribution in [2.24, 2.45) is 0 Å². The first-order chi connectivity index (χ1) is 9.72. The minimum absolute atomic E-state index is 0.702. The summed E-state index contributed by atoms with van der Waals surface area (Å²) < 4.78 is 2.95. The highest BCUT2D eigenvalue weighted by Crippen LogP contribution is 2.24. The molecule has 0 amide bonds. The van der Waals surface area contributed by atoms with Crippen LogP contribution in [0, 0.1) is 0 Å². The molecule has 3 rings (SSSR count). The molecule has 0 radical (unpaired) electrons. The van der Waals surface area contributed by atoms with Crippen LogP contribution in [0.4, 0.5) is 5.69 Å². The van der Waals surface area contributed by atoms with Crippen molar-refractivity contribution in [1.82, 2.24) is 9.78 Å². The number of anilines is 1. The van der Waals surface area contributed by atoms with E-state index in [1.54, 1.807) is 0 Å². The van der Waals surface area contributed by atoms with Gasteiger partial charge in [-0.3, -0.25) is 4.68 Å². The highest BCUT2D eigenvalue weighted by molar-refractivity contribution is 9.10. The lowest BCUT2D eigenvalue weighted by Gasteiger charge is -2.02. The van der Waals surface area contributed by atoms with Gasteiger partial charge in [-0.1, -0.05) is 58.4 Å². The van der Waals surface area contributed by atoms with Crippen LogP contribution in [0.25, 0.3) is 11.3 Å². The van der Waals surface area contributed by atoms with Gasteiger partial charge in [0.05, 0.1) is 12.2 Å². The SMILES string of the molecule is Nc1cn(Cc2ccc(Br)cc2)nc1-c1ccccc1. The topological polar surface area (TPSA) is 43.8 Å². The molecule has 2 aromatic carbocycles. The maximum Gasteiger partial charge on any atom is 0.115 e. The highest BCUT2D eigenvalue weighted by atomic mass is 79.9. The number of nitrogens with two attached hydrogens (primary N) is 1. The Labute approximate surface area is 126 Å². The van der Waals surface area contributed by atoms with Gasteiger partial charge in [-0.15, -0.1) is 0 Å². The van der Waals surface area contributed by atoms with Crippen molar-refractivity contribution >= 4 is 21.6 Å². The van der Waals surface area contributed by atoms with Gasteiger partial charge in [-0.05, 0) is 17.7 Å². The fourth-order valence-electron chi connectivity index (χ4n) is 2.12. The van der Waals surface area contributed by atoms with Gasteiger partial charge >= 0.3 is 0 Å². The molecule has 20 heavy (non-hydrogen) atoms. The normalized spacial score (nSPS) is 10.7. The average molecular weight is 328 g/mol. The van der Waals surface area contributed by atoms with Crippen LogP contribution in [0.3, 0.4) is 0 Å². The summed E-state index contributed by atoms with van der Waals surface area (Å²) >= 11 is 3.43. The van der Waals surface area contributed by atoms with E-state index in [2.05, 4.69) is 33.2 Å². The predicted molar refractivity (Wildman–Crippen MR) is 85.3 cm³/mol. The molecule has 100 valence electrons. The molecule has 0 saturated carbocycles. The Bertz CT molecular complexity index is 702. The average Bonchev–Trinajstić information content (AvgIpc) is 2.83. The third-order valence-electron chi connectivity index (χ3n) is 3.10. The largest absolute Gasteiger partial charge is 0.396 e. The van der Waals surface area contributed by atoms with E-state index >= 15 is 0 Å². The quantitative estimate of drug-likeness (QED) is 0.791. The molecule has 0 aliphatic heterocycles. The fraction of sp³-hybridized carbons (Fsp3) is 0.0625. The third-order valence-corrected chi connectivity index (χ3v) is 3.62. The number of nitrogen functional groups attached to an aromatic ring is 1. The summed E-state index contributed by atoms with van der Waals surface area (Å²) in [7, 11) is 0. The maximum atomic E-state index is 6.06. The van der Waals surface area contributed by atoms with E-state index in [-0.39, 0.29) is 0 Å². The lowest BCUT2D eigenvalue weighted by Crippen LogP contribution is -2.00. The van der Waals surface area contributed by atoms with E-state index in [0.717, 1.165) is 15.7 Å². The van der Waals surface area contributed by atoms with Gasteiger partial charge in [0.1, 0.15) is 5.69 Å². The first-order valence-electron chi connectivity index (χ1n) is 6.35. The molecule has 0 aliphatic rings. The van der Waals surface area contributed by atoms with Gasteiger partial charge in [0.2, 0.25) is 0 Å². The van der Waals surface area contributed by atoms with Crippen molar-refractivity contribution in [3.8, 4) is 11.3 Å². The van der Waals surface area contributed by atoms with E-state index in [1.807, 2.05) is 53.3 Å². The van der Waals surface area contributed by atoms with Crippen molar-refractivity contribution in [1.29, 1.82) is 0 Å². The standard InChI is InChI=1S/C16H14BrN3/c17-14-8-6-12(7-9-14)10-20-11-15(18)16(19-20)13-4-2-1-3-5-13/h1-9,11H,10,18H2. The second-order valence-corrected chi connectivity index (χ2v) is 5.54. The Balaban J connectivity index is 1.87. The van der Waals surface area contributed by atoms with Crippen LogP contribution in [-0.2, 0) is 6.54 Å². The Morgan fingerprint density at radius 1 is 1.00 bits per heavy atom. The minimum atomic E-state index is 0.702. The second kappa shape index (κ2) is 5.51. The van der Waals surface area contributed by atoms with E-state index in [4.69, 9.17) is 5.73 Å². The zero-order chi connectivity index (χ0) is 13.9. The van der Waals surface area contributed by atoms with Crippen molar-refractivity contribution in [3.05, 3.63) is 70.8 Å². The maximum absolute atomic E-state index is 6.06. The van der Waals surface area contributed by atoms with Crippen LogP contribution in [0.5, 0.6) is 0 Å². The molecule has 0 unspecified atom stereocenters. The lowest BCUT2D eigenvalue weighted by atomic mass is 10.1. The number of hydrogen-bond acceptors (Lipinski definition) is 2. The Kier molecular flexibility index (Phi) is 3.56. The molecule has 3 aromatic rings. The molecule has 0 saturated heterocycles. The van der Waals surface area contributed by atoms with Gasteiger partial charge in [0.15, 0.2) is 0 Å². The first kappa shape index (κ1) is 12.9. The van der Waals surface area contributed by atoms with Gasteiger partial charge in [0, 0.05) is 16.2 Å². The van der Waals surface area contributed by atoms with Crippen molar-refractivity contribution in [2.75, 3.05) is 5.73 Å². The van der Waals surface area contributed by atoms with E-state index in [9.17, 15) is 0 Å². The van der Waals surface area contributed by atoms with Crippen molar-refractivity contribution in [3.63, 3.8) is 0 Å². The van der Waals surface area contributed by atoms with Crippen LogP contribution >= 0.6 is 15.9 Å². The molecule has 1 aromatic heterocycles. The smallest absolute Gasteiger partial charge is 0.115 e. The molecule has 3 nitrogen and oxygen atoms in total. The zero-order valence-corrected chi connectivity index (χ0v) is 12.4. The van der Waals surface area contributed by atoms with Crippen molar-refractivity contribution < 1.29 is 0 Å². The molecule has 0 bridgehead atoms. The van der Waals surface area contributed by atoms with Crippen LogP contribution in [0.1, 0.15) is 5.56 Å². The first-order valence-corrected chi connectivity index (χ1v) is 7.14. The molecule has 1 heterocycles. The summed E-state index contributed by atoms with van der Waals surface area (Å²) in [4.78, 5) is 0. The summed E-state index contributed by atoms with van der Waals surface area (Å²) in [5, 5.41) is 4.58. The Morgan fingerprint density at radius 2 is 1.70 bits per heavy atom. The summed E-state index contributed by atoms with van der Waals surface area (Å²) in [6, 6.07) is 18.2. The summed E-state index contributed by atoms with van der Waals surface area (Å²) in [5.74, 6) is 0. The molecule has 0 aliphatic carbocycles. The third kappa shape index (κ3) is 2.75. The zero-order valence-electron chi connectivity index (χ0n) is 10.8. The van der Waals surface area contributed by atoms with Crippen molar-refractivity contribution in [2.45, 2.75) is 6.54 Å². The highest BCUT2D eigenvalue weighted by Gasteiger charge is 2.08. The van der Waals surface area contributed by atoms with E-state index in [0.29, 0.717) is 12.2 Å². The predicted octanol–water partition coefficient (Wildman–Crippen LogP) is 3.94. The van der Waals surface area contributed by atoms with Crippen LogP contribution < -0.4 is 5.73 Å². The van der Waals surface area contributed by atoms with E-state index < -0.39 is 0 Å². The summed E-state index contributed by atoms with van der Waals surface area (Å²) in [6.45, 7) is 0.713. The molecule has 0 fully saturated rings. The fourth-order valence-corrected chi connectivity index (χ4v) is 2.38. The number of aromatic nitrogens is 2. The van der Waals surface area contributed by atoms with E-state index in [1.165, 1.54) is 5.56 Å². The monoisotopic (exact) mass is 327 g/mol. The van der Waals surface area contributed by atoms with Crippen LogP contribution in [0.15, 0.2) is 65.3 Å². The van der Waals surface area contributed by atoms with Crippen LogP contribution in [0.2, 0.25) is 0 Å². The molecule has 0 spiro atoms. The van der Waals surface area contributed by atoms with Gasteiger partial charge in [0.25, 0.3) is 0 Å². The number of benzene rings is 2. The van der Waals surface area contributed by atoms with Crippen LogP contribution in [-0.4, -0.2) is 9.78 Å². The number of nitrogens with zero attached hydrogens (tertiary/aromatic N) is 2. The number of hydrogen-bond donors (Lipinski definition) is 1. The molecule has 2 N–H and O–H groups in total. The molecular formula is C16H14BrN3. The second-order valence-electron chi connectivity index (χ2n) is 4.62. The minimum Gasteiger partial charge on any atom is -0.396 e. The summed E-state index contributed by atoms with van der Waals surface area (Å²) in [6.07, 6.45) is 1.88. The number of halogens is 1. The molecule has 4 heteroatoms. The molecular weight excluding hydrogens is 314 g/mol.